The van der Waals surface area contributed by atoms with E-state index in [0.717, 1.165) is 46.5 Å². The molecule has 4 nitrogen and oxygen atoms in total. The summed E-state index contributed by atoms with van der Waals surface area (Å²) in [4.78, 5) is 17.1. The molecule has 144 valence electrons. The van der Waals surface area contributed by atoms with Gasteiger partial charge in [-0.3, -0.25) is 4.79 Å². The van der Waals surface area contributed by atoms with Crippen LogP contribution in [-0.4, -0.2) is 21.2 Å². The fraction of sp³-hybridized carbons (Fsp3) is 0.200. The topological polar surface area (TPSA) is 46.9 Å². The largest absolute Gasteiger partial charge is 0.416 e. The number of amides is 1. The van der Waals surface area contributed by atoms with Crippen molar-refractivity contribution >= 4 is 17.7 Å². The maximum atomic E-state index is 12.9. The quantitative estimate of drug-likeness (QED) is 0.692. The molecule has 0 unspecified atom stereocenters. The Bertz CT molecular complexity index is 1020. The zero-order valence-corrected chi connectivity index (χ0v) is 15.5. The van der Waals surface area contributed by atoms with E-state index in [-0.39, 0.29) is 12.1 Å². The minimum atomic E-state index is -4.49. The molecule has 1 aliphatic heterocycles. The molecule has 0 fully saturated rings. The number of hydrogen-bond donors (Lipinski definition) is 1. The molecule has 1 aliphatic rings. The minimum absolute atomic E-state index is 0.0216. The number of benzene rings is 2. The molecule has 1 N–H and O–H groups in total. The van der Waals surface area contributed by atoms with Crippen LogP contribution >= 0.6 is 11.8 Å². The normalized spacial score (nSPS) is 13.4. The van der Waals surface area contributed by atoms with E-state index >= 15 is 0 Å². The molecule has 0 spiro atoms. The van der Waals surface area contributed by atoms with Crippen molar-refractivity contribution < 1.29 is 18.0 Å². The molecular weight excluding hydrogens is 387 g/mol. The molecule has 28 heavy (non-hydrogen) atoms. The Morgan fingerprint density at radius 2 is 1.93 bits per heavy atom. The number of fused-ring (bicyclic) bond motifs is 1. The summed E-state index contributed by atoms with van der Waals surface area (Å²) in [5, 5.41) is 3.63. The van der Waals surface area contributed by atoms with Crippen molar-refractivity contribution in [3.63, 3.8) is 0 Å². The van der Waals surface area contributed by atoms with Crippen LogP contribution in [0.5, 0.6) is 0 Å². The third-order valence-electron chi connectivity index (χ3n) is 4.50. The lowest BCUT2D eigenvalue weighted by molar-refractivity contribution is -0.137. The predicted octanol–water partition coefficient (Wildman–Crippen LogP) is 4.60. The number of thioether (sulfide) groups is 1. The number of carbonyl (C=O) groups excluding carboxylic acids is 1. The van der Waals surface area contributed by atoms with Gasteiger partial charge in [-0.15, -0.1) is 0 Å². The second-order valence-corrected chi connectivity index (χ2v) is 7.38. The molecule has 0 saturated heterocycles. The summed E-state index contributed by atoms with van der Waals surface area (Å²) in [6.07, 6.45) is -4.49. The summed E-state index contributed by atoms with van der Waals surface area (Å²) in [5.41, 5.74) is 1.71. The highest BCUT2D eigenvalue weighted by atomic mass is 32.2. The first kappa shape index (κ1) is 18.6. The maximum Gasteiger partial charge on any atom is 0.416 e. The fourth-order valence-electron chi connectivity index (χ4n) is 3.14. The van der Waals surface area contributed by atoms with E-state index in [1.165, 1.54) is 12.1 Å². The smallest absolute Gasteiger partial charge is 0.346 e. The average molecular weight is 403 g/mol. The lowest BCUT2D eigenvalue weighted by Crippen LogP contribution is -2.25. The van der Waals surface area contributed by atoms with Crippen LogP contribution in [0.15, 0.2) is 59.8 Å². The van der Waals surface area contributed by atoms with Gasteiger partial charge >= 0.3 is 6.18 Å². The number of alkyl halides is 3. The number of halogens is 3. The first-order chi connectivity index (χ1) is 13.4. The number of carbonyl (C=O) groups is 1. The summed E-state index contributed by atoms with van der Waals surface area (Å²) in [7, 11) is 0. The molecule has 8 heteroatoms. The predicted molar refractivity (Wildman–Crippen MR) is 101 cm³/mol. The van der Waals surface area contributed by atoms with Crippen molar-refractivity contribution in [3.8, 4) is 11.3 Å². The van der Waals surface area contributed by atoms with Crippen LogP contribution in [0.3, 0.4) is 0 Å². The Labute approximate surface area is 163 Å². The average Bonchev–Trinajstić information content (AvgIpc) is 3.28. The summed E-state index contributed by atoms with van der Waals surface area (Å²) in [6.45, 7) is 0.974. The van der Waals surface area contributed by atoms with Gasteiger partial charge in [0.05, 0.1) is 23.5 Å². The molecule has 0 atom stereocenters. The van der Waals surface area contributed by atoms with Gasteiger partial charge in [-0.25, -0.2) is 4.98 Å². The van der Waals surface area contributed by atoms with E-state index in [4.69, 9.17) is 0 Å². The van der Waals surface area contributed by atoms with Crippen LogP contribution in [0.1, 0.15) is 21.6 Å². The summed E-state index contributed by atoms with van der Waals surface area (Å²) in [6, 6.07) is 14.1. The van der Waals surface area contributed by atoms with Gasteiger partial charge in [-0.2, -0.15) is 13.2 Å². The molecule has 2 heterocycles. The summed E-state index contributed by atoms with van der Waals surface area (Å²) >= 11 is 1.65. The Balaban J connectivity index is 1.58. The van der Waals surface area contributed by atoms with Crippen LogP contribution < -0.4 is 5.32 Å². The molecular formula is C20H16F3N3OS. The number of nitrogens with one attached hydrogen (secondary N) is 1. The Morgan fingerprint density at radius 1 is 1.14 bits per heavy atom. The van der Waals surface area contributed by atoms with Crippen LogP contribution in [0.25, 0.3) is 11.3 Å². The van der Waals surface area contributed by atoms with E-state index < -0.39 is 17.6 Å². The van der Waals surface area contributed by atoms with Crippen molar-refractivity contribution in [2.45, 2.75) is 24.4 Å². The number of aromatic nitrogens is 2. The van der Waals surface area contributed by atoms with Crippen molar-refractivity contribution in [2.75, 3.05) is 5.75 Å². The van der Waals surface area contributed by atoms with Gasteiger partial charge < -0.3 is 9.88 Å². The minimum Gasteiger partial charge on any atom is -0.346 e. The first-order valence-electron chi connectivity index (χ1n) is 8.66. The first-order valence-corrected chi connectivity index (χ1v) is 9.65. The molecule has 3 aromatic rings. The Kier molecular flexibility index (Phi) is 4.89. The van der Waals surface area contributed by atoms with Crippen molar-refractivity contribution in [2.24, 2.45) is 0 Å². The van der Waals surface area contributed by atoms with Crippen LogP contribution in [0.2, 0.25) is 0 Å². The van der Waals surface area contributed by atoms with Crippen LogP contribution in [-0.2, 0) is 19.3 Å². The second kappa shape index (κ2) is 7.35. The molecule has 0 saturated carbocycles. The highest BCUT2D eigenvalue weighted by Gasteiger charge is 2.31. The van der Waals surface area contributed by atoms with Crippen LogP contribution in [0, 0.1) is 0 Å². The molecule has 0 aliphatic carbocycles. The maximum absolute atomic E-state index is 12.9. The number of hydrogen-bond acceptors (Lipinski definition) is 3. The van der Waals surface area contributed by atoms with Crippen molar-refractivity contribution in [3.05, 3.63) is 71.4 Å². The molecule has 4 rings (SSSR count). The van der Waals surface area contributed by atoms with E-state index in [0.29, 0.717) is 0 Å². The van der Waals surface area contributed by atoms with Crippen molar-refractivity contribution in [1.29, 1.82) is 0 Å². The lowest BCUT2D eigenvalue weighted by atomic mass is 10.1. The zero-order valence-electron chi connectivity index (χ0n) is 14.7. The second-order valence-electron chi connectivity index (χ2n) is 6.32. The van der Waals surface area contributed by atoms with Gasteiger partial charge in [0.25, 0.3) is 5.91 Å². The molecule has 0 radical (unpaired) electrons. The SMILES string of the molecule is O=C(NCc1c(-c2ccccc2)nc2n1CCS2)c1cccc(C(F)(F)F)c1. The number of imidazole rings is 1. The standard InChI is InChI=1S/C20H16F3N3OS/c21-20(22,23)15-8-4-7-14(11-15)18(27)24-12-16-17(13-5-2-1-3-6-13)25-19-26(16)9-10-28-19/h1-8,11H,9-10,12H2,(H,24,27). The van der Waals surface area contributed by atoms with Gasteiger partial charge in [0, 0.05) is 23.4 Å². The molecule has 1 aromatic heterocycles. The van der Waals surface area contributed by atoms with Gasteiger partial charge in [-0.05, 0) is 18.2 Å². The summed E-state index contributed by atoms with van der Waals surface area (Å²) in [5.74, 6) is 0.359. The van der Waals surface area contributed by atoms with Crippen LogP contribution in [0.4, 0.5) is 13.2 Å². The third kappa shape index (κ3) is 3.64. The van der Waals surface area contributed by atoms with Gasteiger partial charge in [0.15, 0.2) is 5.16 Å². The van der Waals surface area contributed by atoms with Gasteiger partial charge in [-0.1, -0.05) is 48.2 Å². The van der Waals surface area contributed by atoms with E-state index in [2.05, 4.69) is 14.9 Å². The summed E-state index contributed by atoms with van der Waals surface area (Å²) < 4.78 is 40.7. The van der Waals surface area contributed by atoms with E-state index in [9.17, 15) is 18.0 Å². The lowest BCUT2D eigenvalue weighted by Gasteiger charge is -2.11. The molecule has 2 aromatic carbocycles. The van der Waals surface area contributed by atoms with E-state index in [1.54, 1.807) is 11.8 Å². The highest BCUT2D eigenvalue weighted by Crippen LogP contribution is 2.33. The van der Waals surface area contributed by atoms with E-state index in [1.807, 2.05) is 30.3 Å². The molecule has 1 amide bonds. The van der Waals surface area contributed by atoms with Crippen molar-refractivity contribution in [1.82, 2.24) is 14.9 Å². The zero-order chi connectivity index (χ0) is 19.7. The Morgan fingerprint density at radius 3 is 2.68 bits per heavy atom. The monoisotopic (exact) mass is 403 g/mol. The highest BCUT2D eigenvalue weighted by molar-refractivity contribution is 7.99. The molecule has 0 bridgehead atoms. The number of nitrogens with zero attached hydrogens (tertiary/aromatic N) is 2. The van der Waals surface area contributed by atoms with Gasteiger partial charge in [0.1, 0.15) is 0 Å². The number of rotatable bonds is 4. The third-order valence-corrected chi connectivity index (χ3v) is 5.46. The Hall–Kier alpha value is -2.74. The van der Waals surface area contributed by atoms with Gasteiger partial charge in [0.2, 0.25) is 0 Å². The fourth-order valence-corrected chi connectivity index (χ4v) is 4.11.